The Hall–Kier alpha value is -1.64. The first-order valence-corrected chi connectivity index (χ1v) is 9.16. The van der Waals surface area contributed by atoms with Crippen LogP contribution in [0.15, 0.2) is 22.9 Å². The van der Waals surface area contributed by atoms with Gasteiger partial charge < -0.3 is 10.5 Å². The van der Waals surface area contributed by atoms with Gasteiger partial charge in [0.2, 0.25) is 5.91 Å². The number of amides is 1. The maximum atomic E-state index is 12.3. The molecule has 0 bridgehead atoms. The smallest absolute Gasteiger partial charge is 0.355 e. The van der Waals surface area contributed by atoms with Crippen LogP contribution in [-0.4, -0.2) is 45.5 Å². The lowest BCUT2D eigenvalue weighted by Gasteiger charge is -2.48. The number of rotatable bonds is 4. The average molecular weight is 351 g/mol. The van der Waals surface area contributed by atoms with Crippen molar-refractivity contribution in [1.82, 2.24) is 9.88 Å². The number of nitrogens with zero attached hydrogens (tertiary/aromatic N) is 2. The van der Waals surface area contributed by atoms with Gasteiger partial charge in [0.15, 0.2) is 0 Å². The molecule has 0 aromatic carbocycles. The molecule has 1 unspecified atom stereocenters. The van der Waals surface area contributed by atoms with Crippen LogP contribution in [0.4, 0.5) is 0 Å². The summed E-state index contributed by atoms with van der Waals surface area (Å²) in [5.74, 6) is -0.0890. The van der Waals surface area contributed by atoms with E-state index in [1.165, 1.54) is 16.2 Å². The van der Waals surface area contributed by atoms with Crippen molar-refractivity contribution >= 4 is 41.1 Å². The zero-order chi connectivity index (χ0) is 16.6. The van der Waals surface area contributed by atoms with Gasteiger partial charge >= 0.3 is 5.97 Å². The summed E-state index contributed by atoms with van der Waals surface area (Å²) >= 11 is 3.09. The number of nitrogens with two attached hydrogens (primary N) is 1. The van der Waals surface area contributed by atoms with Gasteiger partial charge in [0.05, 0.1) is 17.8 Å². The van der Waals surface area contributed by atoms with Gasteiger partial charge in [0.1, 0.15) is 17.1 Å². The summed E-state index contributed by atoms with van der Waals surface area (Å²) in [6.07, 6.45) is 3.79. The van der Waals surface area contributed by atoms with E-state index in [0.29, 0.717) is 11.4 Å². The molecule has 1 aromatic rings. The normalized spacial score (nSPS) is 24.0. The molecular formula is C15H17N3O3S2. The van der Waals surface area contributed by atoms with Gasteiger partial charge in [-0.3, -0.25) is 9.69 Å². The van der Waals surface area contributed by atoms with Crippen LogP contribution in [0.5, 0.6) is 0 Å². The molecule has 23 heavy (non-hydrogen) atoms. The maximum absolute atomic E-state index is 12.3. The van der Waals surface area contributed by atoms with E-state index in [2.05, 4.69) is 4.98 Å². The van der Waals surface area contributed by atoms with Crippen LogP contribution in [0.3, 0.4) is 0 Å². The number of thioether (sulfide) groups is 1. The summed E-state index contributed by atoms with van der Waals surface area (Å²) in [7, 11) is 0. The number of allylic oxidation sites excluding steroid dienone is 1. The van der Waals surface area contributed by atoms with E-state index in [9.17, 15) is 9.59 Å². The molecule has 0 saturated carbocycles. The van der Waals surface area contributed by atoms with Crippen LogP contribution in [-0.2, 0) is 14.3 Å². The molecule has 122 valence electrons. The molecule has 0 spiro atoms. The maximum Gasteiger partial charge on any atom is 0.355 e. The monoisotopic (exact) mass is 351 g/mol. The number of aryl methyl sites for hydroxylation is 1. The Labute approximate surface area is 142 Å². The van der Waals surface area contributed by atoms with E-state index in [0.717, 1.165) is 16.1 Å². The third kappa shape index (κ3) is 2.82. The first kappa shape index (κ1) is 16.2. The Bertz CT molecular complexity index is 711. The fraction of sp³-hybridized carbons (Fsp3) is 0.400. The Morgan fingerprint density at radius 1 is 1.57 bits per heavy atom. The molecule has 1 fully saturated rings. The Morgan fingerprint density at radius 3 is 3.00 bits per heavy atom. The van der Waals surface area contributed by atoms with Crippen LogP contribution in [0.25, 0.3) is 6.08 Å². The van der Waals surface area contributed by atoms with Gasteiger partial charge in [-0.25, -0.2) is 9.78 Å². The second-order valence-corrected chi connectivity index (χ2v) is 7.16. The van der Waals surface area contributed by atoms with Crippen molar-refractivity contribution in [1.29, 1.82) is 0 Å². The summed E-state index contributed by atoms with van der Waals surface area (Å²) in [5, 5.41) is -0.177. The predicted molar refractivity (Wildman–Crippen MR) is 90.6 cm³/mol. The third-order valence-corrected chi connectivity index (χ3v) is 5.95. The first-order valence-electron chi connectivity index (χ1n) is 7.23. The van der Waals surface area contributed by atoms with Crippen molar-refractivity contribution in [2.24, 2.45) is 5.73 Å². The SMILES string of the molecule is CCOC(=O)C1=C(/C=C\c2scnc2C)CS[C@H]2C(N)C(=O)N12. The van der Waals surface area contributed by atoms with E-state index in [1.54, 1.807) is 24.2 Å². The fourth-order valence-electron chi connectivity index (χ4n) is 2.50. The average Bonchev–Trinajstić information content (AvgIpc) is 2.96. The van der Waals surface area contributed by atoms with E-state index >= 15 is 0 Å². The van der Waals surface area contributed by atoms with E-state index in [1.807, 2.05) is 19.1 Å². The van der Waals surface area contributed by atoms with Crippen molar-refractivity contribution in [3.63, 3.8) is 0 Å². The number of hydrogen-bond donors (Lipinski definition) is 1. The number of aromatic nitrogens is 1. The number of thiazole rings is 1. The number of β-lactam (4-membered cyclic amide) rings is 1. The highest BCUT2D eigenvalue weighted by atomic mass is 32.2. The number of hydrogen-bond acceptors (Lipinski definition) is 7. The largest absolute Gasteiger partial charge is 0.461 e. The van der Waals surface area contributed by atoms with Gasteiger partial charge in [-0.1, -0.05) is 6.08 Å². The number of ether oxygens (including phenoxy) is 1. The standard InChI is InChI=1S/C15H17N3O3S2/c1-3-21-15(20)12-9(4-5-10-8(2)17-7-23-10)6-22-14-11(16)13(19)18(12)14/h4-5,7,11,14H,3,6,16H2,1-2H3/b5-4-/t11?,14-/m0/s1. The van der Waals surface area contributed by atoms with Crippen LogP contribution >= 0.6 is 23.1 Å². The predicted octanol–water partition coefficient (Wildman–Crippen LogP) is 1.52. The van der Waals surface area contributed by atoms with Crippen LogP contribution in [0.1, 0.15) is 17.5 Å². The minimum atomic E-state index is -0.543. The molecule has 3 heterocycles. The van der Waals surface area contributed by atoms with Crippen molar-refractivity contribution in [3.05, 3.63) is 33.4 Å². The fourth-order valence-corrected chi connectivity index (χ4v) is 4.46. The lowest BCUT2D eigenvalue weighted by atomic mass is 10.0. The molecule has 0 radical (unpaired) electrons. The summed E-state index contributed by atoms with van der Waals surface area (Å²) in [4.78, 5) is 31.1. The van der Waals surface area contributed by atoms with E-state index < -0.39 is 12.0 Å². The Morgan fingerprint density at radius 2 is 2.35 bits per heavy atom. The Balaban J connectivity index is 1.95. The Kier molecular flexibility index (Phi) is 4.56. The number of fused-ring (bicyclic) bond motifs is 1. The number of carbonyl (C=O) groups is 2. The molecule has 0 aliphatic carbocycles. The van der Waals surface area contributed by atoms with Gasteiger partial charge in [-0.15, -0.1) is 23.1 Å². The quantitative estimate of drug-likeness (QED) is 0.654. The lowest BCUT2D eigenvalue weighted by Crippen LogP contribution is -2.68. The molecule has 1 amide bonds. The molecule has 1 saturated heterocycles. The molecular weight excluding hydrogens is 334 g/mol. The second-order valence-electron chi connectivity index (χ2n) is 5.17. The minimum Gasteiger partial charge on any atom is -0.461 e. The molecule has 8 heteroatoms. The van der Waals surface area contributed by atoms with Gasteiger partial charge in [0.25, 0.3) is 0 Å². The molecule has 2 aliphatic rings. The number of esters is 1. The summed E-state index contributed by atoms with van der Waals surface area (Å²) in [6, 6.07) is -0.543. The van der Waals surface area contributed by atoms with E-state index in [4.69, 9.17) is 10.5 Å². The molecule has 2 atom stereocenters. The molecule has 1 aromatic heterocycles. The van der Waals surface area contributed by atoms with Crippen molar-refractivity contribution < 1.29 is 14.3 Å². The third-order valence-electron chi connectivity index (χ3n) is 3.73. The van der Waals surface area contributed by atoms with Crippen LogP contribution in [0, 0.1) is 6.92 Å². The summed E-state index contributed by atoms with van der Waals surface area (Å²) in [6.45, 7) is 3.94. The van der Waals surface area contributed by atoms with Crippen molar-refractivity contribution in [2.75, 3.05) is 12.4 Å². The second kappa shape index (κ2) is 6.46. The van der Waals surface area contributed by atoms with Gasteiger partial charge in [-0.05, 0) is 25.5 Å². The van der Waals surface area contributed by atoms with Crippen LogP contribution in [0.2, 0.25) is 0 Å². The van der Waals surface area contributed by atoms with Crippen molar-refractivity contribution in [2.45, 2.75) is 25.3 Å². The minimum absolute atomic E-state index is 0.177. The highest BCUT2D eigenvalue weighted by Crippen LogP contribution is 2.40. The van der Waals surface area contributed by atoms with Crippen LogP contribution < -0.4 is 5.73 Å². The summed E-state index contributed by atoms with van der Waals surface area (Å²) in [5.41, 5.74) is 9.63. The molecule has 3 rings (SSSR count). The highest BCUT2D eigenvalue weighted by molar-refractivity contribution is 8.00. The first-order chi connectivity index (χ1) is 11.0. The molecule has 2 aliphatic heterocycles. The highest BCUT2D eigenvalue weighted by Gasteiger charge is 2.51. The van der Waals surface area contributed by atoms with Gasteiger partial charge in [-0.2, -0.15) is 0 Å². The topological polar surface area (TPSA) is 85.5 Å². The summed E-state index contributed by atoms with van der Waals surface area (Å²) < 4.78 is 5.12. The van der Waals surface area contributed by atoms with Gasteiger partial charge in [0, 0.05) is 10.6 Å². The van der Waals surface area contributed by atoms with Crippen molar-refractivity contribution in [3.8, 4) is 0 Å². The molecule has 6 nitrogen and oxygen atoms in total. The zero-order valence-corrected chi connectivity index (χ0v) is 14.4. The zero-order valence-electron chi connectivity index (χ0n) is 12.8. The lowest BCUT2D eigenvalue weighted by molar-refractivity contribution is -0.150. The number of carbonyl (C=O) groups excluding carboxylic acids is 2. The van der Waals surface area contributed by atoms with E-state index in [-0.39, 0.29) is 17.9 Å². The molecule has 2 N–H and O–H groups in total.